The molecule has 2 aliphatic rings. The number of nitrogens with zero attached hydrogens (tertiary/aromatic N) is 2. The molecule has 0 unspecified atom stereocenters. The monoisotopic (exact) mass is 304 g/mol. The summed E-state index contributed by atoms with van der Waals surface area (Å²) >= 11 is 0. The van der Waals surface area contributed by atoms with Crippen molar-refractivity contribution in [3.63, 3.8) is 0 Å². The number of hydrogen-bond acceptors (Lipinski definition) is 3. The molecule has 0 aromatic heterocycles. The number of ether oxygens (including phenoxy) is 1. The third kappa shape index (κ3) is 2.83. The Balaban J connectivity index is 1.47. The zero-order valence-electron chi connectivity index (χ0n) is 13.1. The fraction of sp³-hybridized carbons (Fsp3) is 0.350. The summed E-state index contributed by atoms with van der Waals surface area (Å²) in [7, 11) is 0. The highest BCUT2D eigenvalue weighted by molar-refractivity contribution is 5.46. The van der Waals surface area contributed by atoms with E-state index < -0.39 is 0 Å². The molecule has 116 valence electrons. The summed E-state index contributed by atoms with van der Waals surface area (Å²) < 4.78 is 5.91. The van der Waals surface area contributed by atoms with Gasteiger partial charge in [-0.25, -0.2) is 0 Å². The fourth-order valence-electron chi connectivity index (χ4n) is 3.83. The minimum Gasteiger partial charge on any atom is -0.493 e. The van der Waals surface area contributed by atoms with Gasteiger partial charge in [-0.15, -0.1) is 0 Å². The number of benzene rings is 2. The zero-order valence-corrected chi connectivity index (χ0v) is 13.1. The van der Waals surface area contributed by atoms with E-state index in [4.69, 9.17) is 10.00 Å². The summed E-state index contributed by atoms with van der Waals surface area (Å²) in [6, 6.07) is 18.7. The van der Waals surface area contributed by atoms with Gasteiger partial charge in [0, 0.05) is 37.0 Å². The van der Waals surface area contributed by atoms with E-state index in [1.54, 1.807) is 0 Å². The summed E-state index contributed by atoms with van der Waals surface area (Å²) in [4.78, 5) is 2.54. The molecule has 2 aromatic carbocycles. The van der Waals surface area contributed by atoms with Crippen LogP contribution in [0.4, 0.5) is 0 Å². The van der Waals surface area contributed by atoms with Gasteiger partial charge in [-0.3, -0.25) is 0 Å². The lowest BCUT2D eigenvalue weighted by molar-refractivity contribution is 0.213. The molecule has 2 atom stereocenters. The SMILES string of the molecule is N#Cc1ccc2c(c1)[C@H]1CN(CCc3ccccc3)C[C@@H]1CO2. The molecule has 1 fully saturated rings. The second kappa shape index (κ2) is 6.06. The maximum absolute atomic E-state index is 9.14. The van der Waals surface area contributed by atoms with Crippen LogP contribution in [0.3, 0.4) is 0 Å². The average Bonchev–Trinajstić information content (AvgIpc) is 3.04. The van der Waals surface area contributed by atoms with Crippen molar-refractivity contribution >= 4 is 0 Å². The van der Waals surface area contributed by atoms with Gasteiger partial charge in [0.25, 0.3) is 0 Å². The molecule has 23 heavy (non-hydrogen) atoms. The lowest BCUT2D eigenvalue weighted by Gasteiger charge is -2.27. The Morgan fingerprint density at radius 2 is 2.00 bits per heavy atom. The average molecular weight is 304 g/mol. The van der Waals surface area contributed by atoms with Crippen molar-refractivity contribution < 1.29 is 4.74 Å². The van der Waals surface area contributed by atoms with Gasteiger partial charge in [0.1, 0.15) is 5.75 Å². The molecule has 0 saturated carbocycles. The Bertz CT molecular complexity index is 735. The molecule has 2 aromatic rings. The molecule has 4 rings (SSSR count). The topological polar surface area (TPSA) is 36.3 Å². The summed E-state index contributed by atoms with van der Waals surface area (Å²) in [5, 5.41) is 9.14. The maximum atomic E-state index is 9.14. The maximum Gasteiger partial charge on any atom is 0.122 e. The molecule has 3 nitrogen and oxygen atoms in total. The number of fused-ring (bicyclic) bond motifs is 3. The minimum atomic E-state index is 0.503. The first-order valence-corrected chi connectivity index (χ1v) is 8.26. The van der Waals surface area contributed by atoms with Gasteiger partial charge in [0.15, 0.2) is 0 Å². The normalized spacial score (nSPS) is 22.7. The van der Waals surface area contributed by atoms with Gasteiger partial charge in [-0.2, -0.15) is 5.26 Å². The van der Waals surface area contributed by atoms with Gasteiger partial charge >= 0.3 is 0 Å². The van der Waals surface area contributed by atoms with Gasteiger partial charge in [0.05, 0.1) is 18.2 Å². The Morgan fingerprint density at radius 3 is 2.83 bits per heavy atom. The van der Waals surface area contributed by atoms with Crippen LogP contribution in [0.5, 0.6) is 5.75 Å². The summed E-state index contributed by atoms with van der Waals surface area (Å²) in [6.07, 6.45) is 1.09. The van der Waals surface area contributed by atoms with Crippen molar-refractivity contribution in [1.82, 2.24) is 4.90 Å². The van der Waals surface area contributed by atoms with Crippen molar-refractivity contribution in [2.24, 2.45) is 5.92 Å². The Kier molecular flexibility index (Phi) is 3.77. The Labute approximate surface area is 137 Å². The minimum absolute atomic E-state index is 0.503. The van der Waals surface area contributed by atoms with Crippen LogP contribution < -0.4 is 4.74 Å². The molecule has 0 N–H and O–H groups in total. The highest BCUT2D eigenvalue weighted by atomic mass is 16.5. The predicted molar refractivity (Wildman–Crippen MR) is 89.5 cm³/mol. The molecule has 0 spiro atoms. The van der Waals surface area contributed by atoms with Crippen LogP contribution in [0.2, 0.25) is 0 Å². The van der Waals surface area contributed by atoms with Crippen LogP contribution >= 0.6 is 0 Å². The van der Waals surface area contributed by atoms with Crippen molar-refractivity contribution in [1.29, 1.82) is 5.26 Å². The van der Waals surface area contributed by atoms with E-state index >= 15 is 0 Å². The van der Waals surface area contributed by atoms with E-state index in [9.17, 15) is 0 Å². The van der Waals surface area contributed by atoms with E-state index in [2.05, 4.69) is 41.3 Å². The smallest absolute Gasteiger partial charge is 0.122 e. The molecule has 0 bridgehead atoms. The summed E-state index contributed by atoms with van der Waals surface area (Å²) in [6.45, 7) is 4.05. The van der Waals surface area contributed by atoms with Crippen molar-refractivity contribution in [2.45, 2.75) is 12.3 Å². The molecular weight excluding hydrogens is 284 g/mol. The summed E-state index contributed by atoms with van der Waals surface area (Å²) in [5.41, 5.74) is 3.35. The van der Waals surface area contributed by atoms with Crippen LogP contribution in [0.1, 0.15) is 22.6 Å². The first-order valence-electron chi connectivity index (χ1n) is 8.26. The van der Waals surface area contributed by atoms with Crippen LogP contribution in [-0.2, 0) is 6.42 Å². The van der Waals surface area contributed by atoms with E-state index in [1.165, 1.54) is 11.1 Å². The molecule has 0 amide bonds. The highest BCUT2D eigenvalue weighted by Crippen LogP contribution is 2.41. The lowest BCUT2D eigenvalue weighted by atomic mass is 9.86. The molecule has 0 aliphatic carbocycles. The first kappa shape index (κ1) is 14.3. The third-order valence-corrected chi connectivity index (χ3v) is 5.07. The largest absolute Gasteiger partial charge is 0.493 e. The van der Waals surface area contributed by atoms with Gasteiger partial charge in [-0.05, 0) is 30.2 Å². The predicted octanol–water partition coefficient (Wildman–Crippen LogP) is 3.21. The Morgan fingerprint density at radius 1 is 1.13 bits per heavy atom. The Hall–Kier alpha value is -2.31. The molecule has 2 aliphatic heterocycles. The van der Waals surface area contributed by atoms with E-state index in [1.807, 2.05) is 18.2 Å². The molecular formula is C20H20N2O. The lowest BCUT2D eigenvalue weighted by Crippen LogP contribution is -2.25. The number of nitriles is 1. The summed E-state index contributed by atoms with van der Waals surface area (Å²) in [5.74, 6) is 2.02. The highest BCUT2D eigenvalue weighted by Gasteiger charge is 2.38. The van der Waals surface area contributed by atoms with E-state index in [-0.39, 0.29) is 0 Å². The van der Waals surface area contributed by atoms with Crippen molar-refractivity contribution in [3.05, 3.63) is 65.2 Å². The van der Waals surface area contributed by atoms with E-state index in [0.29, 0.717) is 11.8 Å². The molecule has 2 heterocycles. The van der Waals surface area contributed by atoms with E-state index in [0.717, 1.165) is 44.0 Å². The molecule has 3 heteroatoms. The van der Waals surface area contributed by atoms with Crippen LogP contribution in [0.25, 0.3) is 0 Å². The van der Waals surface area contributed by atoms with Crippen LogP contribution in [0, 0.1) is 17.2 Å². The van der Waals surface area contributed by atoms with Gasteiger partial charge in [0.2, 0.25) is 0 Å². The second-order valence-corrected chi connectivity index (χ2v) is 6.54. The van der Waals surface area contributed by atoms with Crippen LogP contribution in [0.15, 0.2) is 48.5 Å². The standard InChI is InChI=1S/C20H20N2O/c21-11-16-6-7-20-18(10-16)19-13-22(12-17(19)14-23-20)9-8-15-4-2-1-3-5-15/h1-7,10,17,19H,8-9,12-14H2/t17-,19+/m1/s1. The molecule has 1 saturated heterocycles. The number of rotatable bonds is 3. The third-order valence-electron chi connectivity index (χ3n) is 5.07. The van der Waals surface area contributed by atoms with Gasteiger partial charge in [-0.1, -0.05) is 30.3 Å². The van der Waals surface area contributed by atoms with Crippen LogP contribution in [-0.4, -0.2) is 31.1 Å². The second-order valence-electron chi connectivity index (χ2n) is 6.54. The molecule has 0 radical (unpaired) electrons. The van der Waals surface area contributed by atoms with Gasteiger partial charge < -0.3 is 9.64 Å². The fourth-order valence-corrected chi connectivity index (χ4v) is 3.83. The van der Waals surface area contributed by atoms with Crippen molar-refractivity contribution in [3.8, 4) is 11.8 Å². The van der Waals surface area contributed by atoms with Crippen molar-refractivity contribution in [2.75, 3.05) is 26.2 Å². The quantitative estimate of drug-likeness (QED) is 0.873. The zero-order chi connectivity index (χ0) is 15.6. The first-order chi connectivity index (χ1) is 11.3. The number of hydrogen-bond donors (Lipinski definition) is 0. The number of likely N-dealkylation sites (tertiary alicyclic amines) is 1.